The van der Waals surface area contributed by atoms with E-state index in [1.54, 1.807) is 0 Å². The lowest BCUT2D eigenvalue weighted by Crippen LogP contribution is -2.13. The molecule has 0 aliphatic heterocycles. The molecule has 0 fully saturated rings. The summed E-state index contributed by atoms with van der Waals surface area (Å²) >= 11 is 0. The van der Waals surface area contributed by atoms with E-state index in [1.165, 1.54) is 17.7 Å². The summed E-state index contributed by atoms with van der Waals surface area (Å²) in [6.07, 6.45) is 1.19. The maximum atomic E-state index is 3.55. The van der Waals surface area contributed by atoms with Crippen LogP contribution < -0.4 is 5.32 Å². The average Bonchev–Trinajstić information content (AvgIpc) is 2.16. The summed E-state index contributed by atoms with van der Waals surface area (Å²) in [6.45, 7) is 12.4. The second-order valence-electron chi connectivity index (χ2n) is 5.98. The van der Waals surface area contributed by atoms with E-state index in [0.717, 1.165) is 6.54 Å². The number of anilines is 1. The SMILES string of the molecule is CC(C)c1ccccc1NCCC(C)(C)C. The lowest BCUT2D eigenvalue weighted by atomic mass is 9.92. The Morgan fingerprint density at radius 3 is 2.31 bits per heavy atom. The van der Waals surface area contributed by atoms with Crippen molar-refractivity contribution >= 4 is 5.69 Å². The molecule has 1 heteroatoms. The summed E-state index contributed by atoms with van der Waals surface area (Å²) in [7, 11) is 0. The molecule has 16 heavy (non-hydrogen) atoms. The van der Waals surface area contributed by atoms with E-state index >= 15 is 0 Å². The molecule has 0 amide bonds. The first-order chi connectivity index (χ1) is 7.40. The molecule has 0 aliphatic rings. The largest absolute Gasteiger partial charge is 0.385 e. The van der Waals surface area contributed by atoms with Crippen LogP contribution >= 0.6 is 0 Å². The van der Waals surface area contributed by atoms with Crippen LogP contribution in [0.15, 0.2) is 24.3 Å². The topological polar surface area (TPSA) is 12.0 Å². The van der Waals surface area contributed by atoms with Crippen molar-refractivity contribution in [2.45, 2.75) is 47.0 Å². The molecule has 0 spiro atoms. The van der Waals surface area contributed by atoms with Crippen molar-refractivity contribution in [3.8, 4) is 0 Å². The van der Waals surface area contributed by atoms with Gasteiger partial charge in [-0.1, -0.05) is 52.8 Å². The number of hydrogen-bond acceptors (Lipinski definition) is 1. The van der Waals surface area contributed by atoms with Crippen molar-refractivity contribution < 1.29 is 0 Å². The average molecular weight is 219 g/mol. The number of rotatable bonds is 4. The Labute approximate surface area is 100 Å². The van der Waals surface area contributed by atoms with Gasteiger partial charge in [0.2, 0.25) is 0 Å². The molecular weight excluding hydrogens is 194 g/mol. The van der Waals surface area contributed by atoms with Crippen molar-refractivity contribution in [2.24, 2.45) is 5.41 Å². The van der Waals surface area contributed by atoms with E-state index < -0.39 is 0 Å². The van der Waals surface area contributed by atoms with Crippen molar-refractivity contribution in [2.75, 3.05) is 11.9 Å². The van der Waals surface area contributed by atoms with E-state index in [9.17, 15) is 0 Å². The second kappa shape index (κ2) is 5.38. The zero-order valence-electron chi connectivity index (χ0n) is 11.3. The molecule has 0 unspecified atom stereocenters. The molecule has 0 saturated carbocycles. The summed E-state index contributed by atoms with van der Waals surface area (Å²) in [5.41, 5.74) is 3.11. The van der Waals surface area contributed by atoms with E-state index in [1.807, 2.05) is 0 Å². The number of benzene rings is 1. The molecule has 1 aromatic rings. The predicted molar refractivity (Wildman–Crippen MR) is 73.1 cm³/mol. The third kappa shape index (κ3) is 4.26. The molecule has 1 nitrogen and oxygen atoms in total. The van der Waals surface area contributed by atoms with E-state index in [-0.39, 0.29) is 0 Å². The molecule has 0 heterocycles. The molecule has 0 atom stereocenters. The zero-order chi connectivity index (χ0) is 12.2. The van der Waals surface area contributed by atoms with Crippen LogP contribution in [0.2, 0.25) is 0 Å². The molecule has 0 radical (unpaired) electrons. The zero-order valence-corrected chi connectivity index (χ0v) is 11.3. The van der Waals surface area contributed by atoms with E-state index in [2.05, 4.69) is 64.2 Å². The van der Waals surface area contributed by atoms with Crippen LogP contribution in [-0.4, -0.2) is 6.54 Å². The van der Waals surface area contributed by atoms with Crippen LogP contribution in [0.3, 0.4) is 0 Å². The van der Waals surface area contributed by atoms with Gasteiger partial charge in [-0.05, 0) is 29.4 Å². The van der Waals surface area contributed by atoms with Crippen LogP contribution in [0.5, 0.6) is 0 Å². The number of hydrogen-bond donors (Lipinski definition) is 1. The highest BCUT2D eigenvalue weighted by molar-refractivity contribution is 5.52. The summed E-state index contributed by atoms with van der Waals surface area (Å²) in [5, 5.41) is 3.55. The van der Waals surface area contributed by atoms with Crippen LogP contribution in [-0.2, 0) is 0 Å². The van der Waals surface area contributed by atoms with Gasteiger partial charge in [0, 0.05) is 12.2 Å². The lowest BCUT2D eigenvalue weighted by Gasteiger charge is -2.20. The molecule has 90 valence electrons. The maximum Gasteiger partial charge on any atom is 0.0375 e. The molecule has 0 bridgehead atoms. The smallest absolute Gasteiger partial charge is 0.0375 e. The van der Waals surface area contributed by atoms with Gasteiger partial charge < -0.3 is 5.32 Å². The van der Waals surface area contributed by atoms with Gasteiger partial charge in [0.05, 0.1) is 0 Å². The molecule has 0 saturated heterocycles. The first kappa shape index (κ1) is 13.1. The van der Waals surface area contributed by atoms with Gasteiger partial charge in [0.15, 0.2) is 0 Å². The third-order valence-corrected chi connectivity index (χ3v) is 2.77. The molecule has 1 N–H and O–H groups in total. The fourth-order valence-electron chi connectivity index (χ4n) is 1.73. The van der Waals surface area contributed by atoms with Gasteiger partial charge in [-0.25, -0.2) is 0 Å². The van der Waals surface area contributed by atoms with Gasteiger partial charge in [-0.15, -0.1) is 0 Å². The lowest BCUT2D eigenvalue weighted by molar-refractivity contribution is 0.389. The Morgan fingerprint density at radius 2 is 1.75 bits per heavy atom. The highest BCUT2D eigenvalue weighted by Crippen LogP contribution is 2.24. The van der Waals surface area contributed by atoms with Crippen molar-refractivity contribution in [1.82, 2.24) is 0 Å². The summed E-state index contributed by atoms with van der Waals surface area (Å²) in [6, 6.07) is 8.61. The standard InChI is InChI=1S/C15H25N/c1-12(2)13-8-6-7-9-14(13)16-11-10-15(3,4)5/h6-9,12,16H,10-11H2,1-5H3. The molecular formula is C15H25N. The monoisotopic (exact) mass is 219 g/mol. The number of para-hydroxylation sites is 1. The Hall–Kier alpha value is -0.980. The Kier molecular flexibility index (Phi) is 4.40. The van der Waals surface area contributed by atoms with Gasteiger partial charge in [0.1, 0.15) is 0 Å². The number of nitrogens with one attached hydrogen (secondary N) is 1. The Bertz CT molecular complexity index is 320. The highest BCUT2D eigenvalue weighted by atomic mass is 14.9. The molecule has 0 aliphatic carbocycles. The van der Waals surface area contributed by atoms with Crippen molar-refractivity contribution in [3.05, 3.63) is 29.8 Å². The van der Waals surface area contributed by atoms with Crippen LogP contribution in [0, 0.1) is 5.41 Å². The first-order valence-corrected chi connectivity index (χ1v) is 6.23. The van der Waals surface area contributed by atoms with Crippen LogP contribution in [0.4, 0.5) is 5.69 Å². The summed E-state index contributed by atoms with van der Waals surface area (Å²) in [5.74, 6) is 0.582. The second-order valence-corrected chi connectivity index (χ2v) is 5.98. The van der Waals surface area contributed by atoms with Gasteiger partial charge in [-0.3, -0.25) is 0 Å². The van der Waals surface area contributed by atoms with Gasteiger partial charge in [-0.2, -0.15) is 0 Å². The van der Waals surface area contributed by atoms with E-state index in [0.29, 0.717) is 11.3 Å². The molecule has 0 aromatic heterocycles. The van der Waals surface area contributed by atoms with E-state index in [4.69, 9.17) is 0 Å². The minimum absolute atomic E-state index is 0.403. The van der Waals surface area contributed by atoms with Crippen LogP contribution in [0.25, 0.3) is 0 Å². The Balaban J connectivity index is 2.60. The highest BCUT2D eigenvalue weighted by Gasteiger charge is 2.10. The summed E-state index contributed by atoms with van der Waals surface area (Å²) < 4.78 is 0. The fourth-order valence-corrected chi connectivity index (χ4v) is 1.73. The van der Waals surface area contributed by atoms with Gasteiger partial charge >= 0.3 is 0 Å². The summed E-state index contributed by atoms with van der Waals surface area (Å²) in [4.78, 5) is 0. The van der Waals surface area contributed by atoms with Crippen molar-refractivity contribution in [1.29, 1.82) is 0 Å². The quantitative estimate of drug-likeness (QED) is 0.776. The molecule has 1 aromatic carbocycles. The normalized spacial score (nSPS) is 11.9. The molecule has 1 rings (SSSR count). The first-order valence-electron chi connectivity index (χ1n) is 6.23. The van der Waals surface area contributed by atoms with Crippen molar-refractivity contribution in [3.63, 3.8) is 0 Å². The van der Waals surface area contributed by atoms with Crippen LogP contribution in [0.1, 0.15) is 52.5 Å². The maximum absolute atomic E-state index is 3.55. The predicted octanol–water partition coefficient (Wildman–Crippen LogP) is 4.66. The Morgan fingerprint density at radius 1 is 1.12 bits per heavy atom. The third-order valence-electron chi connectivity index (χ3n) is 2.77. The minimum atomic E-state index is 0.403. The van der Waals surface area contributed by atoms with Gasteiger partial charge in [0.25, 0.3) is 0 Å². The minimum Gasteiger partial charge on any atom is -0.385 e. The fraction of sp³-hybridized carbons (Fsp3) is 0.600.